The Bertz CT molecular complexity index is 511. The van der Waals surface area contributed by atoms with Crippen LogP contribution in [-0.2, 0) is 0 Å². The fourth-order valence-corrected chi connectivity index (χ4v) is 2.30. The summed E-state index contributed by atoms with van der Waals surface area (Å²) < 4.78 is 3.13. The maximum absolute atomic E-state index is 11.7. The molecule has 0 saturated carbocycles. The average Bonchev–Trinajstić information content (AvgIpc) is 2.75. The van der Waals surface area contributed by atoms with E-state index in [1.54, 1.807) is 12.4 Å². The largest absolute Gasteiger partial charge is 0.331 e. The van der Waals surface area contributed by atoms with Crippen LogP contribution in [-0.4, -0.2) is 15.6 Å². The molecule has 0 atom stereocenters. The summed E-state index contributed by atoms with van der Waals surface area (Å²) in [6.45, 7) is 0. The molecule has 0 radical (unpaired) electrons. The van der Waals surface area contributed by atoms with E-state index in [9.17, 15) is 4.79 Å². The zero-order chi connectivity index (χ0) is 11.5. The van der Waals surface area contributed by atoms with Crippen LogP contribution in [0.2, 0.25) is 0 Å². The molecule has 1 aromatic heterocycles. The molecule has 0 saturated heterocycles. The molecule has 0 fully saturated rings. The van der Waals surface area contributed by atoms with Crippen molar-refractivity contribution in [2.24, 2.45) is 0 Å². The number of halogens is 2. The Hall–Kier alpha value is -1.14. The standard InChI is InChI=1S/C10H7Br2N3O/c11-7-1-2-9(8(12)5-7)14-10(16)15-4-3-13-6-15/h1-6H,(H,14,16). The van der Waals surface area contributed by atoms with Crippen molar-refractivity contribution in [2.75, 3.05) is 5.32 Å². The summed E-state index contributed by atoms with van der Waals surface area (Å²) in [6, 6.07) is 5.28. The molecule has 0 unspecified atom stereocenters. The number of hydrogen-bond acceptors (Lipinski definition) is 2. The molecule has 2 rings (SSSR count). The van der Waals surface area contributed by atoms with Crippen molar-refractivity contribution in [1.82, 2.24) is 9.55 Å². The van der Waals surface area contributed by atoms with Gasteiger partial charge in [0.25, 0.3) is 0 Å². The van der Waals surface area contributed by atoms with Gasteiger partial charge >= 0.3 is 6.03 Å². The van der Waals surface area contributed by atoms with E-state index >= 15 is 0 Å². The van der Waals surface area contributed by atoms with Crippen molar-refractivity contribution in [2.45, 2.75) is 0 Å². The smallest absolute Gasteiger partial charge is 0.306 e. The van der Waals surface area contributed by atoms with Gasteiger partial charge in [0.15, 0.2) is 0 Å². The van der Waals surface area contributed by atoms with Crippen LogP contribution in [0.4, 0.5) is 10.5 Å². The highest BCUT2D eigenvalue weighted by atomic mass is 79.9. The van der Waals surface area contributed by atoms with Crippen LogP contribution in [0.25, 0.3) is 0 Å². The summed E-state index contributed by atoms with van der Waals surface area (Å²) in [4.78, 5) is 15.5. The third-order valence-electron chi connectivity index (χ3n) is 1.91. The summed E-state index contributed by atoms with van der Waals surface area (Å²) in [5.41, 5.74) is 0.710. The Morgan fingerprint density at radius 2 is 2.19 bits per heavy atom. The zero-order valence-electron chi connectivity index (χ0n) is 8.02. The first-order valence-electron chi connectivity index (χ1n) is 4.41. The quantitative estimate of drug-likeness (QED) is 0.860. The van der Waals surface area contributed by atoms with E-state index in [-0.39, 0.29) is 6.03 Å². The Kier molecular flexibility index (Phi) is 3.40. The Morgan fingerprint density at radius 1 is 1.38 bits per heavy atom. The number of rotatable bonds is 1. The Labute approximate surface area is 109 Å². The molecule has 16 heavy (non-hydrogen) atoms. The van der Waals surface area contributed by atoms with Crippen molar-refractivity contribution in [3.05, 3.63) is 45.9 Å². The van der Waals surface area contributed by atoms with Crippen LogP contribution in [0.15, 0.2) is 45.9 Å². The summed E-state index contributed by atoms with van der Waals surface area (Å²) in [5, 5.41) is 2.76. The van der Waals surface area contributed by atoms with E-state index in [2.05, 4.69) is 42.2 Å². The van der Waals surface area contributed by atoms with Gasteiger partial charge in [0.1, 0.15) is 6.33 Å². The van der Waals surface area contributed by atoms with Gasteiger partial charge in [-0.3, -0.25) is 4.57 Å². The second kappa shape index (κ2) is 4.80. The minimum atomic E-state index is -0.250. The summed E-state index contributed by atoms with van der Waals surface area (Å²) in [5.74, 6) is 0. The number of amides is 1. The number of hydrogen-bond donors (Lipinski definition) is 1. The van der Waals surface area contributed by atoms with Gasteiger partial charge in [-0.1, -0.05) is 15.9 Å². The fourth-order valence-electron chi connectivity index (χ4n) is 1.15. The highest BCUT2D eigenvalue weighted by Crippen LogP contribution is 2.26. The van der Waals surface area contributed by atoms with Crippen LogP contribution < -0.4 is 5.32 Å². The minimum Gasteiger partial charge on any atom is -0.306 e. The van der Waals surface area contributed by atoms with Gasteiger partial charge in [-0.15, -0.1) is 0 Å². The van der Waals surface area contributed by atoms with Crippen molar-refractivity contribution < 1.29 is 4.79 Å². The molecule has 6 heteroatoms. The predicted molar refractivity (Wildman–Crippen MR) is 68.5 cm³/mol. The maximum atomic E-state index is 11.7. The van der Waals surface area contributed by atoms with E-state index in [4.69, 9.17) is 0 Å². The Balaban J connectivity index is 2.18. The number of benzene rings is 1. The van der Waals surface area contributed by atoms with Gasteiger partial charge < -0.3 is 5.32 Å². The lowest BCUT2D eigenvalue weighted by molar-refractivity contribution is 0.253. The normalized spacial score (nSPS) is 10.1. The monoisotopic (exact) mass is 343 g/mol. The highest BCUT2D eigenvalue weighted by molar-refractivity contribution is 9.11. The average molecular weight is 345 g/mol. The molecule has 1 amide bonds. The number of carbonyl (C=O) groups excluding carboxylic acids is 1. The molecule has 0 aliphatic rings. The van der Waals surface area contributed by atoms with E-state index in [0.717, 1.165) is 8.95 Å². The molecule has 1 aromatic carbocycles. The lowest BCUT2D eigenvalue weighted by Crippen LogP contribution is -2.17. The predicted octanol–water partition coefficient (Wildman–Crippen LogP) is 3.49. The van der Waals surface area contributed by atoms with Gasteiger partial charge in [-0.25, -0.2) is 9.78 Å². The lowest BCUT2D eigenvalue weighted by Gasteiger charge is -2.07. The zero-order valence-corrected chi connectivity index (χ0v) is 11.2. The second-order valence-corrected chi connectivity index (χ2v) is 4.79. The lowest BCUT2D eigenvalue weighted by atomic mass is 10.3. The number of nitrogens with one attached hydrogen (secondary N) is 1. The second-order valence-electron chi connectivity index (χ2n) is 3.02. The SMILES string of the molecule is O=C(Nc1ccc(Br)cc1Br)n1ccnc1. The number of nitrogens with zero attached hydrogens (tertiary/aromatic N) is 2. The molecular weight excluding hydrogens is 338 g/mol. The highest BCUT2D eigenvalue weighted by Gasteiger charge is 2.06. The maximum Gasteiger partial charge on any atom is 0.331 e. The number of aromatic nitrogens is 2. The van der Waals surface area contributed by atoms with Crippen molar-refractivity contribution in [3.8, 4) is 0 Å². The Morgan fingerprint density at radius 3 is 2.81 bits per heavy atom. The molecule has 1 heterocycles. The van der Waals surface area contributed by atoms with Crippen molar-refractivity contribution in [1.29, 1.82) is 0 Å². The van der Waals surface area contributed by atoms with Gasteiger partial charge in [-0.2, -0.15) is 0 Å². The van der Waals surface area contributed by atoms with Crippen LogP contribution >= 0.6 is 31.9 Å². The molecule has 0 aliphatic heterocycles. The van der Waals surface area contributed by atoms with Gasteiger partial charge in [0.2, 0.25) is 0 Å². The third-order valence-corrected chi connectivity index (χ3v) is 3.06. The van der Waals surface area contributed by atoms with Crippen molar-refractivity contribution >= 4 is 43.6 Å². The topological polar surface area (TPSA) is 46.9 Å². The van der Waals surface area contributed by atoms with Crippen LogP contribution in [0.3, 0.4) is 0 Å². The summed E-state index contributed by atoms with van der Waals surface area (Å²) >= 11 is 6.71. The van der Waals surface area contributed by atoms with Gasteiger partial charge in [0, 0.05) is 21.3 Å². The molecule has 4 nitrogen and oxygen atoms in total. The molecule has 82 valence electrons. The molecule has 0 bridgehead atoms. The van der Waals surface area contributed by atoms with Crippen LogP contribution in [0.1, 0.15) is 0 Å². The number of imidazole rings is 1. The first-order chi connectivity index (χ1) is 7.66. The molecule has 2 aromatic rings. The molecule has 0 spiro atoms. The van der Waals surface area contributed by atoms with Crippen LogP contribution in [0.5, 0.6) is 0 Å². The van der Waals surface area contributed by atoms with Crippen molar-refractivity contribution in [3.63, 3.8) is 0 Å². The van der Waals surface area contributed by atoms with Gasteiger partial charge in [-0.05, 0) is 34.1 Å². The van der Waals surface area contributed by atoms with E-state index in [0.29, 0.717) is 5.69 Å². The fraction of sp³-hybridized carbons (Fsp3) is 0. The first-order valence-corrected chi connectivity index (χ1v) is 6.00. The number of anilines is 1. The summed E-state index contributed by atoms with van der Waals surface area (Å²) in [6.07, 6.45) is 4.58. The van der Waals surface area contributed by atoms with E-state index in [1.165, 1.54) is 10.9 Å². The number of carbonyl (C=O) groups is 1. The third kappa shape index (κ3) is 2.51. The summed E-state index contributed by atoms with van der Waals surface area (Å²) in [7, 11) is 0. The van der Waals surface area contributed by atoms with E-state index in [1.807, 2.05) is 18.2 Å². The molecule has 0 aliphatic carbocycles. The van der Waals surface area contributed by atoms with Gasteiger partial charge in [0.05, 0.1) is 5.69 Å². The first kappa shape index (κ1) is 11.3. The molecular formula is C10H7Br2N3O. The molecule has 1 N–H and O–H groups in total. The van der Waals surface area contributed by atoms with E-state index < -0.39 is 0 Å². The minimum absolute atomic E-state index is 0.250. The van der Waals surface area contributed by atoms with Crippen LogP contribution in [0, 0.1) is 0 Å².